The van der Waals surface area contributed by atoms with Crippen LogP contribution in [0.1, 0.15) is 19.6 Å². The fourth-order valence-electron chi connectivity index (χ4n) is 2.59. The maximum Gasteiger partial charge on any atom is 0.164 e. The molecule has 1 saturated heterocycles. The van der Waals surface area contributed by atoms with Crippen LogP contribution in [0.5, 0.6) is 0 Å². The lowest BCUT2D eigenvalue weighted by atomic mass is 10.0. The largest absolute Gasteiger partial charge is 0.394 e. The molecular formula is C12H16N4O3. The first-order valence-electron chi connectivity index (χ1n) is 6.08. The van der Waals surface area contributed by atoms with E-state index in [9.17, 15) is 10.2 Å². The Morgan fingerprint density at radius 2 is 2.37 bits per heavy atom. The number of hydrogen-bond acceptors (Lipinski definition) is 6. The third kappa shape index (κ3) is 1.86. The van der Waals surface area contributed by atoms with E-state index in [1.54, 1.807) is 23.8 Å². The van der Waals surface area contributed by atoms with Crippen LogP contribution in [-0.2, 0) is 4.74 Å². The average Bonchev–Trinajstić information content (AvgIpc) is 2.90. The molecule has 102 valence electrons. The van der Waals surface area contributed by atoms with Crippen molar-refractivity contribution in [2.45, 2.75) is 31.3 Å². The SMILES string of the molecule is C[C@]1(O)CC(CO)O[C@H]1n1ccc2c(N)ncnc21. The second-order valence-corrected chi connectivity index (χ2v) is 5.07. The molecule has 0 bridgehead atoms. The van der Waals surface area contributed by atoms with Crippen molar-refractivity contribution in [3.05, 3.63) is 18.6 Å². The highest BCUT2D eigenvalue weighted by atomic mass is 16.5. The molecule has 2 aromatic rings. The molecule has 0 saturated carbocycles. The zero-order valence-electron chi connectivity index (χ0n) is 10.5. The van der Waals surface area contributed by atoms with E-state index in [2.05, 4.69) is 9.97 Å². The molecule has 1 unspecified atom stereocenters. The van der Waals surface area contributed by atoms with Crippen molar-refractivity contribution in [3.63, 3.8) is 0 Å². The average molecular weight is 264 g/mol. The Hall–Kier alpha value is -1.70. The van der Waals surface area contributed by atoms with Gasteiger partial charge in [0.1, 0.15) is 23.4 Å². The maximum absolute atomic E-state index is 10.4. The summed E-state index contributed by atoms with van der Waals surface area (Å²) in [4.78, 5) is 8.11. The zero-order chi connectivity index (χ0) is 13.6. The van der Waals surface area contributed by atoms with E-state index in [4.69, 9.17) is 10.5 Å². The lowest BCUT2D eigenvalue weighted by Gasteiger charge is -2.25. The van der Waals surface area contributed by atoms with Crippen LogP contribution in [-0.4, -0.2) is 43.1 Å². The summed E-state index contributed by atoms with van der Waals surface area (Å²) in [6.07, 6.45) is 2.53. The summed E-state index contributed by atoms with van der Waals surface area (Å²) in [6.45, 7) is 1.56. The van der Waals surface area contributed by atoms with E-state index in [1.165, 1.54) is 6.33 Å². The summed E-state index contributed by atoms with van der Waals surface area (Å²) in [5.74, 6) is 0.389. The monoisotopic (exact) mass is 264 g/mol. The minimum atomic E-state index is -1.07. The maximum atomic E-state index is 10.4. The van der Waals surface area contributed by atoms with E-state index in [0.717, 1.165) is 0 Å². The summed E-state index contributed by atoms with van der Waals surface area (Å²) in [6, 6.07) is 1.79. The number of fused-ring (bicyclic) bond motifs is 1. The van der Waals surface area contributed by atoms with Gasteiger partial charge in [-0.15, -0.1) is 0 Å². The smallest absolute Gasteiger partial charge is 0.164 e. The molecule has 0 spiro atoms. The highest BCUT2D eigenvalue weighted by Gasteiger charge is 2.45. The molecule has 3 rings (SSSR count). The van der Waals surface area contributed by atoms with Crippen molar-refractivity contribution in [3.8, 4) is 0 Å². The number of aliphatic hydroxyl groups excluding tert-OH is 1. The number of ether oxygens (including phenoxy) is 1. The molecule has 7 heteroatoms. The number of aliphatic hydroxyl groups is 2. The second-order valence-electron chi connectivity index (χ2n) is 5.07. The van der Waals surface area contributed by atoms with Gasteiger partial charge in [-0.2, -0.15) is 0 Å². The Kier molecular flexibility index (Phi) is 2.70. The molecule has 1 aliphatic rings. The van der Waals surface area contributed by atoms with Crippen molar-refractivity contribution in [1.29, 1.82) is 0 Å². The van der Waals surface area contributed by atoms with Crippen molar-refractivity contribution in [2.24, 2.45) is 0 Å². The molecule has 0 aliphatic carbocycles. The van der Waals surface area contributed by atoms with E-state index in [-0.39, 0.29) is 12.7 Å². The molecular weight excluding hydrogens is 248 g/mol. The highest BCUT2D eigenvalue weighted by Crippen LogP contribution is 2.39. The first-order valence-corrected chi connectivity index (χ1v) is 6.08. The number of hydrogen-bond donors (Lipinski definition) is 3. The molecule has 2 aromatic heterocycles. The number of rotatable bonds is 2. The van der Waals surface area contributed by atoms with Gasteiger partial charge in [0, 0.05) is 12.6 Å². The van der Waals surface area contributed by atoms with Crippen LogP contribution in [0.4, 0.5) is 5.82 Å². The van der Waals surface area contributed by atoms with Crippen LogP contribution < -0.4 is 5.73 Å². The van der Waals surface area contributed by atoms with E-state index in [1.807, 2.05) is 0 Å². The van der Waals surface area contributed by atoms with Gasteiger partial charge in [-0.25, -0.2) is 9.97 Å². The van der Waals surface area contributed by atoms with E-state index >= 15 is 0 Å². The summed E-state index contributed by atoms with van der Waals surface area (Å²) in [7, 11) is 0. The molecule has 1 fully saturated rings. The zero-order valence-corrected chi connectivity index (χ0v) is 10.5. The van der Waals surface area contributed by atoms with Gasteiger partial charge in [0.2, 0.25) is 0 Å². The Bertz CT molecular complexity index is 610. The Labute approximate surface area is 109 Å². The van der Waals surface area contributed by atoms with Crippen molar-refractivity contribution in [2.75, 3.05) is 12.3 Å². The molecule has 0 aromatic carbocycles. The van der Waals surface area contributed by atoms with Gasteiger partial charge in [0.15, 0.2) is 6.23 Å². The number of nitrogens with zero attached hydrogens (tertiary/aromatic N) is 3. The minimum Gasteiger partial charge on any atom is -0.394 e. The van der Waals surface area contributed by atoms with E-state index in [0.29, 0.717) is 23.3 Å². The minimum absolute atomic E-state index is 0.122. The number of aromatic nitrogens is 3. The van der Waals surface area contributed by atoms with Crippen LogP contribution in [0.3, 0.4) is 0 Å². The predicted molar refractivity (Wildman–Crippen MR) is 68.2 cm³/mol. The van der Waals surface area contributed by atoms with Gasteiger partial charge in [0.05, 0.1) is 18.1 Å². The molecule has 0 radical (unpaired) electrons. The first-order chi connectivity index (χ1) is 9.03. The van der Waals surface area contributed by atoms with Gasteiger partial charge >= 0.3 is 0 Å². The molecule has 7 nitrogen and oxygen atoms in total. The van der Waals surface area contributed by atoms with Crippen molar-refractivity contribution >= 4 is 16.9 Å². The van der Waals surface area contributed by atoms with Crippen LogP contribution in [0.15, 0.2) is 18.6 Å². The number of nitrogens with two attached hydrogens (primary N) is 1. The standard InChI is InChI=1S/C12H16N4O3/c1-12(18)4-7(5-17)19-11(12)16-3-2-8-9(13)14-6-15-10(8)16/h2-3,6-7,11,17-18H,4-5H2,1H3,(H2,13,14,15)/t7?,11-,12+/m1/s1. The highest BCUT2D eigenvalue weighted by molar-refractivity contribution is 5.86. The van der Waals surface area contributed by atoms with Gasteiger partial charge < -0.3 is 25.3 Å². The quantitative estimate of drug-likeness (QED) is 0.707. The summed E-state index contributed by atoms with van der Waals surface area (Å²) < 4.78 is 7.41. The number of nitrogen functional groups attached to an aromatic ring is 1. The second kappa shape index (κ2) is 4.16. The van der Waals surface area contributed by atoms with E-state index < -0.39 is 11.8 Å². The number of anilines is 1. The van der Waals surface area contributed by atoms with Gasteiger partial charge in [-0.3, -0.25) is 0 Å². The normalized spacial score (nSPS) is 31.1. The summed E-state index contributed by atoms with van der Waals surface area (Å²) >= 11 is 0. The fourth-order valence-corrected chi connectivity index (χ4v) is 2.59. The first kappa shape index (κ1) is 12.3. The molecule has 3 heterocycles. The topological polar surface area (TPSA) is 106 Å². The van der Waals surface area contributed by atoms with Crippen molar-refractivity contribution in [1.82, 2.24) is 14.5 Å². The lowest BCUT2D eigenvalue weighted by Crippen LogP contribution is -2.31. The van der Waals surface area contributed by atoms with Crippen LogP contribution in [0.25, 0.3) is 11.0 Å². The molecule has 19 heavy (non-hydrogen) atoms. The van der Waals surface area contributed by atoms with Crippen LogP contribution in [0, 0.1) is 0 Å². The van der Waals surface area contributed by atoms with Crippen LogP contribution in [0.2, 0.25) is 0 Å². The molecule has 3 atom stereocenters. The Morgan fingerprint density at radius 3 is 3.05 bits per heavy atom. The molecule has 1 aliphatic heterocycles. The third-order valence-corrected chi connectivity index (χ3v) is 3.49. The third-order valence-electron chi connectivity index (χ3n) is 3.49. The fraction of sp³-hybridized carbons (Fsp3) is 0.500. The van der Waals surface area contributed by atoms with Gasteiger partial charge in [-0.05, 0) is 13.0 Å². The van der Waals surface area contributed by atoms with Gasteiger partial charge in [-0.1, -0.05) is 0 Å². The Balaban J connectivity index is 2.07. The Morgan fingerprint density at radius 1 is 1.58 bits per heavy atom. The summed E-state index contributed by atoms with van der Waals surface area (Å²) in [5, 5.41) is 20.3. The van der Waals surface area contributed by atoms with Crippen LogP contribution >= 0.6 is 0 Å². The summed E-state index contributed by atoms with van der Waals surface area (Å²) in [5.41, 5.74) is 5.32. The molecule has 4 N–H and O–H groups in total. The van der Waals surface area contributed by atoms with Gasteiger partial charge in [0.25, 0.3) is 0 Å². The van der Waals surface area contributed by atoms with Crippen molar-refractivity contribution < 1.29 is 14.9 Å². The lowest BCUT2D eigenvalue weighted by molar-refractivity contribution is -0.0852. The molecule has 0 amide bonds. The predicted octanol–water partition coefficient (Wildman–Crippen LogP) is 0.0443.